The zero-order valence-electron chi connectivity index (χ0n) is 17.7. The van der Waals surface area contributed by atoms with Gasteiger partial charge in [0.05, 0.1) is 24.0 Å². The summed E-state index contributed by atoms with van der Waals surface area (Å²) in [5.74, 6) is 0.418. The lowest BCUT2D eigenvalue weighted by molar-refractivity contribution is -0.127. The Balaban J connectivity index is 1.34. The Labute approximate surface area is 186 Å². The lowest BCUT2D eigenvalue weighted by Gasteiger charge is -2.32. The predicted molar refractivity (Wildman–Crippen MR) is 117 cm³/mol. The summed E-state index contributed by atoms with van der Waals surface area (Å²) < 4.78 is 5.14. The zero-order chi connectivity index (χ0) is 21.8. The number of nitrogens with one attached hydrogen (secondary N) is 2. The Kier molecular flexibility index (Phi) is 6.75. The molecule has 2 aromatic heterocycles. The summed E-state index contributed by atoms with van der Waals surface area (Å²) in [5, 5.41) is 10.7. The van der Waals surface area contributed by atoms with Gasteiger partial charge in [-0.05, 0) is 31.7 Å². The molecule has 0 unspecified atom stereocenters. The number of likely N-dealkylation sites (tertiary alicyclic amines) is 1. The molecule has 166 valence electrons. The number of ether oxygens (including phenoxy) is 1. The molecule has 2 N–H and O–H groups in total. The van der Waals surface area contributed by atoms with Crippen LogP contribution in [0, 0.1) is 5.92 Å². The topological polar surface area (TPSA) is 100 Å². The van der Waals surface area contributed by atoms with Gasteiger partial charge >= 0.3 is 0 Å². The van der Waals surface area contributed by atoms with Crippen molar-refractivity contribution in [1.29, 1.82) is 0 Å². The number of carbonyl (C=O) groups is 2. The molecule has 1 saturated heterocycles. The van der Waals surface area contributed by atoms with Crippen LogP contribution in [0.3, 0.4) is 0 Å². The first-order valence-corrected chi connectivity index (χ1v) is 11.3. The Morgan fingerprint density at radius 1 is 1.16 bits per heavy atom. The number of amides is 2. The highest BCUT2D eigenvalue weighted by Gasteiger charge is 2.30. The molecule has 4 rings (SSSR count). The molecule has 0 atom stereocenters. The van der Waals surface area contributed by atoms with E-state index in [1.165, 1.54) is 32.6 Å². The molecule has 1 saturated carbocycles. The van der Waals surface area contributed by atoms with Gasteiger partial charge in [0.25, 0.3) is 5.91 Å². The molecule has 1 aliphatic carbocycles. The van der Waals surface area contributed by atoms with Crippen LogP contribution in [0.15, 0.2) is 18.3 Å². The molecular formula is C22H28ClN5O3. The average molecular weight is 446 g/mol. The summed E-state index contributed by atoms with van der Waals surface area (Å²) in [4.78, 5) is 31.4. The Bertz CT molecular complexity index is 933. The molecule has 2 aliphatic rings. The van der Waals surface area contributed by atoms with Crippen LogP contribution in [0.4, 0.5) is 0 Å². The monoisotopic (exact) mass is 445 g/mol. The van der Waals surface area contributed by atoms with Crippen molar-refractivity contribution >= 4 is 23.4 Å². The number of rotatable bonds is 5. The first kappa shape index (κ1) is 21.6. The molecule has 8 nitrogen and oxygen atoms in total. The smallest absolute Gasteiger partial charge is 0.271 e. The number of nitrogens with zero attached hydrogens (tertiary/aromatic N) is 3. The minimum Gasteiger partial charge on any atom is -0.481 e. The van der Waals surface area contributed by atoms with E-state index >= 15 is 0 Å². The zero-order valence-corrected chi connectivity index (χ0v) is 18.5. The number of carbonyl (C=O) groups excluding carboxylic acids is 2. The van der Waals surface area contributed by atoms with Crippen LogP contribution in [-0.4, -0.2) is 58.1 Å². The quantitative estimate of drug-likeness (QED) is 0.734. The highest BCUT2D eigenvalue weighted by Crippen LogP contribution is 2.29. The van der Waals surface area contributed by atoms with E-state index in [4.69, 9.17) is 16.3 Å². The van der Waals surface area contributed by atoms with Crippen LogP contribution in [0.25, 0.3) is 11.3 Å². The number of hydrogen-bond acceptors (Lipinski definition) is 5. The van der Waals surface area contributed by atoms with Crippen molar-refractivity contribution in [3.05, 3.63) is 29.0 Å². The Hall–Kier alpha value is -2.61. The fourth-order valence-electron chi connectivity index (χ4n) is 4.38. The maximum atomic E-state index is 12.9. The highest BCUT2D eigenvalue weighted by molar-refractivity contribution is 6.33. The number of halogens is 1. The predicted octanol–water partition coefficient (Wildman–Crippen LogP) is 3.43. The number of aromatic amines is 1. The second kappa shape index (κ2) is 9.68. The van der Waals surface area contributed by atoms with Gasteiger partial charge in [-0.1, -0.05) is 30.9 Å². The number of pyridine rings is 1. The maximum absolute atomic E-state index is 12.9. The molecule has 2 amide bonds. The first-order chi connectivity index (χ1) is 15.0. The van der Waals surface area contributed by atoms with Gasteiger partial charge in [-0.2, -0.15) is 5.10 Å². The van der Waals surface area contributed by atoms with E-state index < -0.39 is 0 Å². The summed E-state index contributed by atoms with van der Waals surface area (Å²) in [7, 11) is 1.53. The van der Waals surface area contributed by atoms with Gasteiger partial charge in [-0.15, -0.1) is 0 Å². The molecule has 0 spiro atoms. The Morgan fingerprint density at radius 3 is 2.61 bits per heavy atom. The van der Waals surface area contributed by atoms with E-state index in [1.807, 2.05) is 0 Å². The Morgan fingerprint density at radius 2 is 1.90 bits per heavy atom. The third kappa shape index (κ3) is 5.01. The summed E-state index contributed by atoms with van der Waals surface area (Å²) in [6.45, 7) is 1.11. The highest BCUT2D eigenvalue weighted by atomic mass is 35.5. The molecule has 2 aromatic rings. The molecular weight excluding hydrogens is 418 g/mol. The molecule has 2 fully saturated rings. The van der Waals surface area contributed by atoms with E-state index in [-0.39, 0.29) is 17.7 Å². The van der Waals surface area contributed by atoms with Crippen LogP contribution in [0.5, 0.6) is 5.88 Å². The molecule has 3 heterocycles. The number of piperidine rings is 1. The first-order valence-electron chi connectivity index (χ1n) is 10.9. The fraction of sp³-hybridized carbons (Fsp3) is 0.545. The van der Waals surface area contributed by atoms with E-state index in [2.05, 4.69) is 20.5 Å². The molecule has 31 heavy (non-hydrogen) atoms. The van der Waals surface area contributed by atoms with Gasteiger partial charge in [0.15, 0.2) is 0 Å². The van der Waals surface area contributed by atoms with Gasteiger partial charge in [-0.3, -0.25) is 14.7 Å². The number of aromatic nitrogens is 3. The van der Waals surface area contributed by atoms with Crippen molar-refractivity contribution in [3.63, 3.8) is 0 Å². The average Bonchev–Trinajstić information content (AvgIpc) is 3.30. The second-order valence-electron chi connectivity index (χ2n) is 8.28. The summed E-state index contributed by atoms with van der Waals surface area (Å²) >= 11 is 6.24. The SMILES string of the molecule is COc1cc(-c2cc(C(=O)N3CCC(C(=O)NC4CCCCC4)CC3)[nH]n2)c(Cl)cn1. The normalized spacial score (nSPS) is 18.1. The van der Waals surface area contributed by atoms with Gasteiger partial charge in [-0.25, -0.2) is 4.98 Å². The second-order valence-corrected chi connectivity index (χ2v) is 8.69. The van der Waals surface area contributed by atoms with Crippen molar-refractivity contribution < 1.29 is 14.3 Å². The third-order valence-electron chi connectivity index (χ3n) is 6.23. The van der Waals surface area contributed by atoms with Crippen molar-refractivity contribution in [1.82, 2.24) is 25.4 Å². The van der Waals surface area contributed by atoms with Crippen molar-refractivity contribution in [2.45, 2.75) is 51.0 Å². The van der Waals surface area contributed by atoms with Gasteiger partial charge in [0.1, 0.15) is 5.69 Å². The minimum atomic E-state index is -0.123. The minimum absolute atomic E-state index is 0.0219. The van der Waals surface area contributed by atoms with Crippen LogP contribution < -0.4 is 10.1 Å². The molecule has 9 heteroatoms. The fourth-order valence-corrected chi connectivity index (χ4v) is 4.58. The maximum Gasteiger partial charge on any atom is 0.271 e. The lowest BCUT2D eigenvalue weighted by atomic mass is 9.92. The molecule has 0 bridgehead atoms. The molecule has 0 radical (unpaired) electrons. The van der Waals surface area contributed by atoms with E-state index in [9.17, 15) is 9.59 Å². The number of methoxy groups -OCH3 is 1. The van der Waals surface area contributed by atoms with Crippen LogP contribution in [0.1, 0.15) is 55.4 Å². The van der Waals surface area contributed by atoms with Crippen molar-refractivity contribution in [2.75, 3.05) is 20.2 Å². The van der Waals surface area contributed by atoms with Crippen LogP contribution in [-0.2, 0) is 4.79 Å². The standard InChI is InChI=1S/C22H28ClN5O3/c1-31-20-11-16(17(23)13-24-20)18-12-19(27-26-18)22(30)28-9-7-14(8-10-28)21(29)25-15-5-3-2-4-6-15/h11-15H,2-10H2,1H3,(H,25,29)(H,26,27). The van der Waals surface area contributed by atoms with E-state index in [0.717, 1.165) is 12.8 Å². The largest absolute Gasteiger partial charge is 0.481 e. The van der Waals surface area contributed by atoms with Crippen LogP contribution >= 0.6 is 11.6 Å². The summed E-state index contributed by atoms with van der Waals surface area (Å²) in [6, 6.07) is 3.69. The summed E-state index contributed by atoms with van der Waals surface area (Å²) in [5.41, 5.74) is 1.59. The number of H-pyrrole nitrogens is 1. The molecule has 0 aromatic carbocycles. The van der Waals surface area contributed by atoms with Crippen LogP contribution in [0.2, 0.25) is 5.02 Å². The third-order valence-corrected chi connectivity index (χ3v) is 6.53. The summed E-state index contributed by atoms with van der Waals surface area (Å²) in [6.07, 6.45) is 8.68. The van der Waals surface area contributed by atoms with Gasteiger partial charge < -0.3 is 15.0 Å². The lowest BCUT2D eigenvalue weighted by Crippen LogP contribution is -2.45. The van der Waals surface area contributed by atoms with Crippen molar-refractivity contribution in [2.24, 2.45) is 5.92 Å². The van der Waals surface area contributed by atoms with E-state index in [0.29, 0.717) is 59.8 Å². The molecule has 1 aliphatic heterocycles. The number of hydrogen-bond donors (Lipinski definition) is 2. The van der Waals surface area contributed by atoms with Crippen molar-refractivity contribution in [3.8, 4) is 17.1 Å². The van der Waals surface area contributed by atoms with Gasteiger partial charge in [0.2, 0.25) is 11.8 Å². The van der Waals surface area contributed by atoms with E-state index in [1.54, 1.807) is 17.0 Å². The van der Waals surface area contributed by atoms with Gasteiger partial charge in [0, 0.05) is 36.7 Å².